The Labute approximate surface area is 185 Å². The second kappa shape index (κ2) is 10.5. The van der Waals surface area contributed by atoms with Crippen molar-refractivity contribution in [1.82, 2.24) is 5.32 Å². The molecule has 0 fully saturated rings. The summed E-state index contributed by atoms with van der Waals surface area (Å²) in [5.41, 5.74) is 13.6. The van der Waals surface area contributed by atoms with Gasteiger partial charge in [0.1, 0.15) is 0 Å². The van der Waals surface area contributed by atoms with E-state index in [2.05, 4.69) is 23.5 Å². The Bertz CT molecular complexity index is 955. The predicted octanol–water partition coefficient (Wildman–Crippen LogP) is 3.56. The van der Waals surface area contributed by atoms with Gasteiger partial charge in [-0.2, -0.15) is 0 Å². The van der Waals surface area contributed by atoms with Gasteiger partial charge in [0.25, 0.3) is 0 Å². The average molecular weight is 423 g/mol. The number of carbonyl (C=O) groups is 1. The number of carbonyl (C=O) groups excluding carboxylic acids is 1. The molecule has 166 valence electrons. The van der Waals surface area contributed by atoms with E-state index in [0.717, 1.165) is 41.9 Å². The molecule has 0 bridgehead atoms. The van der Waals surface area contributed by atoms with Gasteiger partial charge >= 0.3 is 5.97 Å². The molecular formula is C25H34N4O2. The van der Waals surface area contributed by atoms with Crippen LogP contribution in [0.3, 0.4) is 0 Å². The SMILES string of the molecule is C/C=C/CN(N)c1ccc(C(CC(=O)OCC)c2ccc3c(c2)CNCC3)c(C)c1N. The molecule has 1 aliphatic rings. The number of esters is 1. The van der Waals surface area contributed by atoms with Gasteiger partial charge in [0.15, 0.2) is 0 Å². The maximum absolute atomic E-state index is 12.5. The standard InChI is InChI=1S/C25H34N4O2/c1-4-6-13-29(27)23-10-9-21(17(3)25(23)26)22(15-24(30)31-5-2)19-8-7-18-11-12-28-16-20(18)14-19/h4,6-10,14,22,28H,5,11-13,15-16,26-27H2,1-3H3/b6-4+. The summed E-state index contributed by atoms with van der Waals surface area (Å²) in [5, 5.41) is 5.06. The zero-order valence-corrected chi connectivity index (χ0v) is 18.8. The normalized spacial score (nSPS) is 14.3. The van der Waals surface area contributed by atoms with Crippen molar-refractivity contribution in [2.24, 2.45) is 5.84 Å². The van der Waals surface area contributed by atoms with Crippen LogP contribution in [0.1, 0.15) is 54.0 Å². The molecule has 0 saturated heterocycles. The van der Waals surface area contributed by atoms with Gasteiger partial charge in [-0.3, -0.25) is 4.79 Å². The van der Waals surface area contributed by atoms with Crippen molar-refractivity contribution in [1.29, 1.82) is 0 Å². The molecule has 5 N–H and O–H groups in total. The quantitative estimate of drug-likeness (QED) is 0.198. The zero-order chi connectivity index (χ0) is 22.4. The van der Waals surface area contributed by atoms with Crippen LogP contribution in [-0.4, -0.2) is 25.7 Å². The first-order valence-corrected chi connectivity index (χ1v) is 11.0. The molecule has 31 heavy (non-hydrogen) atoms. The fourth-order valence-corrected chi connectivity index (χ4v) is 4.19. The number of hydrazine groups is 1. The van der Waals surface area contributed by atoms with Gasteiger partial charge in [-0.05, 0) is 67.6 Å². The van der Waals surface area contributed by atoms with Crippen molar-refractivity contribution in [3.8, 4) is 0 Å². The number of nitrogens with zero attached hydrogens (tertiary/aromatic N) is 1. The van der Waals surface area contributed by atoms with E-state index in [0.29, 0.717) is 18.8 Å². The first kappa shape index (κ1) is 22.8. The molecule has 0 radical (unpaired) electrons. The van der Waals surface area contributed by atoms with Crippen LogP contribution in [0.5, 0.6) is 0 Å². The molecule has 2 aromatic carbocycles. The number of nitrogens with one attached hydrogen (secondary N) is 1. The topological polar surface area (TPSA) is 93.6 Å². The van der Waals surface area contributed by atoms with Gasteiger partial charge in [-0.1, -0.05) is 36.4 Å². The van der Waals surface area contributed by atoms with Crippen molar-refractivity contribution in [2.45, 2.75) is 46.1 Å². The summed E-state index contributed by atoms with van der Waals surface area (Å²) in [6.45, 7) is 8.57. The molecule has 1 unspecified atom stereocenters. The molecule has 0 aliphatic carbocycles. The minimum Gasteiger partial charge on any atom is -0.466 e. The summed E-state index contributed by atoms with van der Waals surface area (Å²) >= 11 is 0. The highest BCUT2D eigenvalue weighted by molar-refractivity contribution is 5.75. The number of allylic oxidation sites excluding steroid dienone is 1. The maximum Gasteiger partial charge on any atom is 0.306 e. The Morgan fingerprint density at radius 1 is 1.29 bits per heavy atom. The molecule has 2 aromatic rings. The molecule has 6 heteroatoms. The lowest BCUT2D eigenvalue weighted by Gasteiger charge is -2.26. The molecule has 1 atom stereocenters. The van der Waals surface area contributed by atoms with Gasteiger partial charge in [0.2, 0.25) is 0 Å². The van der Waals surface area contributed by atoms with E-state index in [4.69, 9.17) is 16.3 Å². The summed E-state index contributed by atoms with van der Waals surface area (Å²) < 4.78 is 5.29. The smallest absolute Gasteiger partial charge is 0.306 e. The molecule has 0 spiro atoms. The largest absolute Gasteiger partial charge is 0.466 e. The lowest BCUT2D eigenvalue weighted by molar-refractivity contribution is -0.143. The van der Waals surface area contributed by atoms with E-state index >= 15 is 0 Å². The number of benzene rings is 2. The second-order valence-corrected chi connectivity index (χ2v) is 7.95. The number of ether oxygens (including phenoxy) is 1. The predicted molar refractivity (Wildman–Crippen MR) is 127 cm³/mol. The van der Waals surface area contributed by atoms with E-state index in [1.54, 1.807) is 5.01 Å². The van der Waals surface area contributed by atoms with Crippen LogP contribution in [0.15, 0.2) is 42.5 Å². The molecule has 0 aromatic heterocycles. The van der Waals surface area contributed by atoms with Crippen LogP contribution in [0, 0.1) is 6.92 Å². The third-order valence-electron chi connectivity index (χ3n) is 5.95. The van der Waals surface area contributed by atoms with Gasteiger partial charge < -0.3 is 20.8 Å². The Kier molecular flexibility index (Phi) is 7.71. The van der Waals surface area contributed by atoms with E-state index in [1.165, 1.54) is 11.1 Å². The minimum atomic E-state index is -0.209. The van der Waals surface area contributed by atoms with E-state index in [-0.39, 0.29) is 18.3 Å². The number of fused-ring (bicyclic) bond motifs is 1. The molecule has 6 nitrogen and oxygen atoms in total. The minimum absolute atomic E-state index is 0.135. The molecular weight excluding hydrogens is 388 g/mol. The first-order valence-electron chi connectivity index (χ1n) is 11.0. The van der Waals surface area contributed by atoms with Crippen LogP contribution in [0.2, 0.25) is 0 Å². The Morgan fingerprint density at radius 3 is 2.84 bits per heavy atom. The first-order chi connectivity index (χ1) is 15.0. The average Bonchev–Trinajstić information content (AvgIpc) is 2.77. The Balaban J connectivity index is 2.01. The van der Waals surface area contributed by atoms with Crippen LogP contribution in [0.25, 0.3) is 0 Å². The lowest BCUT2D eigenvalue weighted by Crippen LogP contribution is -2.32. The number of nitrogen functional groups attached to an aromatic ring is 1. The number of hydrogen-bond acceptors (Lipinski definition) is 6. The summed E-state index contributed by atoms with van der Waals surface area (Å²) in [7, 11) is 0. The Morgan fingerprint density at radius 2 is 2.10 bits per heavy atom. The summed E-state index contributed by atoms with van der Waals surface area (Å²) in [5.74, 6) is 5.86. The van der Waals surface area contributed by atoms with Crippen LogP contribution in [0.4, 0.5) is 11.4 Å². The van der Waals surface area contributed by atoms with Crippen molar-refractivity contribution < 1.29 is 9.53 Å². The fourth-order valence-electron chi connectivity index (χ4n) is 4.19. The Hall–Kier alpha value is -2.83. The highest BCUT2D eigenvalue weighted by Crippen LogP contribution is 2.37. The number of rotatable bonds is 8. The van der Waals surface area contributed by atoms with Gasteiger partial charge in [-0.25, -0.2) is 5.84 Å². The third-order valence-corrected chi connectivity index (χ3v) is 5.95. The summed E-state index contributed by atoms with van der Waals surface area (Å²) in [4.78, 5) is 12.5. The van der Waals surface area contributed by atoms with Crippen molar-refractivity contribution in [3.63, 3.8) is 0 Å². The molecule has 3 rings (SSSR count). The second-order valence-electron chi connectivity index (χ2n) is 7.95. The van der Waals surface area contributed by atoms with E-state index < -0.39 is 0 Å². The van der Waals surface area contributed by atoms with Gasteiger partial charge in [-0.15, -0.1) is 0 Å². The third kappa shape index (κ3) is 5.27. The van der Waals surface area contributed by atoms with Gasteiger partial charge in [0, 0.05) is 12.5 Å². The van der Waals surface area contributed by atoms with Crippen LogP contribution >= 0.6 is 0 Å². The van der Waals surface area contributed by atoms with Crippen LogP contribution < -0.4 is 21.9 Å². The van der Waals surface area contributed by atoms with Crippen molar-refractivity contribution in [3.05, 3.63) is 70.3 Å². The summed E-state index contributed by atoms with van der Waals surface area (Å²) in [6.07, 6.45) is 5.23. The molecule has 1 heterocycles. The molecule has 0 saturated carbocycles. The maximum atomic E-state index is 12.5. The lowest BCUT2D eigenvalue weighted by atomic mass is 9.83. The molecule has 0 amide bonds. The number of hydrogen-bond donors (Lipinski definition) is 3. The number of nitrogens with two attached hydrogens (primary N) is 2. The summed E-state index contributed by atoms with van der Waals surface area (Å²) in [6, 6.07) is 10.5. The zero-order valence-electron chi connectivity index (χ0n) is 18.8. The monoisotopic (exact) mass is 422 g/mol. The fraction of sp³-hybridized carbons (Fsp3) is 0.400. The van der Waals surface area contributed by atoms with Crippen molar-refractivity contribution >= 4 is 17.3 Å². The van der Waals surface area contributed by atoms with Crippen LogP contribution in [-0.2, 0) is 22.5 Å². The van der Waals surface area contributed by atoms with E-state index in [9.17, 15) is 4.79 Å². The van der Waals surface area contributed by atoms with Gasteiger partial charge in [0.05, 0.1) is 30.9 Å². The highest BCUT2D eigenvalue weighted by Gasteiger charge is 2.24. The van der Waals surface area contributed by atoms with Crippen molar-refractivity contribution in [2.75, 3.05) is 30.4 Å². The van der Waals surface area contributed by atoms with E-state index in [1.807, 2.05) is 45.1 Å². The molecule has 1 aliphatic heterocycles. The highest BCUT2D eigenvalue weighted by atomic mass is 16.5. The number of anilines is 2.